The summed E-state index contributed by atoms with van der Waals surface area (Å²) >= 11 is 0. The van der Waals surface area contributed by atoms with Gasteiger partial charge in [0.05, 0.1) is 0 Å². The first kappa shape index (κ1) is 15.0. The number of hydrogen-bond donors (Lipinski definition) is 2. The van der Waals surface area contributed by atoms with Gasteiger partial charge in [-0.2, -0.15) is 5.21 Å². The monoisotopic (exact) mass is 321 g/mol. The Morgan fingerprint density at radius 1 is 1.08 bits per heavy atom. The van der Waals surface area contributed by atoms with Crippen molar-refractivity contribution < 1.29 is 5.11 Å². The highest BCUT2D eigenvalue weighted by atomic mass is 16.3. The molecule has 0 radical (unpaired) electrons. The summed E-state index contributed by atoms with van der Waals surface area (Å²) < 4.78 is 0. The van der Waals surface area contributed by atoms with Crippen molar-refractivity contribution in [2.75, 3.05) is 13.1 Å². The predicted octanol–water partition coefficient (Wildman–Crippen LogP) is 1.96. The molecule has 1 saturated heterocycles. The van der Waals surface area contributed by atoms with Crippen molar-refractivity contribution in [3.63, 3.8) is 0 Å². The van der Waals surface area contributed by atoms with Crippen molar-refractivity contribution in [2.45, 2.75) is 18.6 Å². The maximum absolute atomic E-state index is 10.9. The molecule has 1 aromatic heterocycles. The zero-order valence-corrected chi connectivity index (χ0v) is 13.3. The van der Waals surface area contributed by atoms with Gasteiger partial charge in [0, 0.05) is 25.2 Å². The summed E-state index contributed by atoms with van der Waals surface area (Å²) in [5.74, 6) is 0.598. The molecule has 2 aromatic carbocycles. The first-order chi connectivity index (χ1) is 11.7. The quantitative estimate of drug-likeness (QED) is 0.768. The number of nitrogens with zero attached hydrogens (tertiary/aromatic N) is 4. The minimum Gasteiger partial charge on any atom is -0.384 e. The second-order valence-electron chi connectivity index (χ2n) is 6.29. The minimum atomic E-state index is -0.744. The van der Waals surface area contributed by atoms with E-state index >= 15 is 0 Å². The van der Waals surface area contributed by atoms with Crippen LogP contribution in [0.5, 0.6) is 0 Å². The number of tetrazole rings is 1. The van der Waals surface area contributed by atoms with Gasteiger partial charge in [-0.25, -0.2) is 0 Å². The highest BCUT2D eigenvalue weighted by Gasteiger charge is 2.37. The molecule has 1 aliphatic rings. The summed E-state index contributed by atoms with van der Waals surface area (Å²) in [5.41, 5.74) is 2.40. The van der Waals surface area contributed by atoms with Gasteiger partial charge in [0.2, 0.25) is 5.82 Å². The summed E-state index contributed by atoms with van der Waals surface area (Å²) in [6.45, 7) is 2.36. The molecule has 1 aliphatic heterocycles. The van der Waals surface area contributed by atoms with E-state index in [0.717, 1.165) is 30.6 Å². The van der Waals surface area contributed by atoms with Gasteiger partial charge in [-0.3, -0.25) is 4.90 Å². The van der Waals surface area contributed by atoms with Gasteiger partial charge in [0.1, 0.15) is 5.60 Å². The van der Waals surface area contributed by atoms with Crippen molar-refractivity contribution >= 4 is 0 Å². The fourth-order valence-corrected chi connectivity index (χ4v) is 3.29. The molecular weight excluding hydrogens is 302 g/mol. The van der Waals surface area contributed by atoms with E-state index in [1.807, 2.05) is 42.5 Å². The SMILES string of the molecule is O[C@@]1(c2ccccc2)CCN(Cc2ccc(-c3nn[nH]n3)cc2)C1. The molecule has 24 heavy (non-hydrogen) atoms. The lowest BCUT2D eigenvalue weighted by Crippen LogP contribution is -2.30. The van der Waals surface area contributed by atoms with Gasteiger partial charge in [-0.15, -0.1) is 10.2 Å². The Balaban J connectivity index is 1.43. The van der Waals surface area contributed by atoms with E-state index in [0.29, 0.717) is 12.4 Å². The molecule has 0 aliphatic carbocycles. The fourth-order valence-electron chi connectivity index (χ4n) is 3.29. The van der Waals surface area contributed by atoms with Crippen molar-refractivity contribution in [1.29, 1.82) is 0 Å². The lowest BCUT2D eigenvalue weighted by atomic mass is 9.93. The van der Waals surface area contributed by atoms with Crippen LogP contribution in [0.3, 0.4) is 0 Å². The molecule has 6 nitrogen and oxygen atoms in total. The fraction of sp³-hybridized carbons (Fsp3) is 0.278. The molecule has 0 spiro atoms. The smallest absolute Gasteiger partial charge is 0.204 e. The first-order valence-corrected chi connectivity index (χ1v) is 8.06. The number of benzene rings is 2. The van der Waals surface area contributed by atoms with Crippen LogP contribution >= 0.6 is 0 Å². The van der Waals surface area contributed by atoms with E-state index in [1.165, 1.54) is 5.56 Å². The molecule has 1 atom stereocenters. The highest BCUT2D eigenvalue weighted by molar-refractivity contribution is 5.54. The molecular formula is C18H19N5O. The number of β-amino-alcohol motifs (C(OH)–C–C–N with tert-alkyl or cyclic N) is 1. The van der Waals surface area contributed by atoms with E-state index in [2.05, 4.69) is 37.7 Å². The second-order valence-corrected chi connectivity index (χ2v) is 6.29. The zero-order valence-electron chi connectivity index (χ0n) is 13.3. The average molecular weight is 321 g/mol. The Hall–Kier alpha value is -2.57. The molecule has 0 unspecified atom stereocenters. The third-order valence-corrected chi connectivity index (χ3v) is 4.60. The standard InChI is InChI=1S/C18H19N5O/c24-18(16-4-2-1-3-5-16)10-11-23(13-18)12-14-6-8-15(9-7-14)17-19-21-22-20-17/h1-9,24H,10-13H2,(H,19,20,21,22)/t18-/m0/s1. The number of aromatic nitrogens is 4. The molecule has 6 heteroatoms. The van der Waals surface area contributed by atoms with Gasteiger partial charge in [-0.1, -0.05) is 54.6 Å². The van der Waals surface area contributed by atoms with Crippen LogP contribution in [0.15, 0.2) is 54.6 Å². The number of aromatic amines is 1. The number of nitrogens with one attached hydrogen (secondary N) is 1. The molecule has 2 heterocycles. The lowest BCUT2D eigenvalue weighted by Gasteiger charge is -2.24. The third kappa shape index (κ3) is 2.93. The van der Waals surface area contributed by atoms with Gasteiger partial charge in [0.25, 0.3) is 0 Å². The lowest BCUT2D eigenvalue weighted by molar-refractivity contribution is 0.0453. The minimum absolute atomic E-state index is 0.598. The van der Waals surface area contributed by atoms with Gasteiger partial charge in [-0.05, 0) is 22.8 Å². The van der Waals surface area contributed by atoms with Crippen molar-refractivity contribution in [3.8, 4) is 11.4 Å². The number of likely N-dealkylation sites (tertiary alicyclic amines) is 1. The number of rotatable bonds is 4. The summed E-state index contributed by atoms with van der Waals surface area (Å²) in [4.78, 5) is 2.29. The number of aliphatic hydroxyl groups is 1. The average Bonchev–Trinajstić information content (AvgIpc) is 3.28. The van der Waals surface area contributed by atoms with E-state index < -0.39 is 5.60 Å². The highest BCUT2D eigenvalue weighted by Crippen LogP contribution is 2.32. The van der Waals surface area contributed by atoms with Crippen LogP contribution in [0.2, 0.25) is 0 Å². The van der Waals surface area contributed by atoms with Crippen LogP contribution in [0.1, 0.15) is 17.5 Å². The zero-order chi connectivity index (χ0) is 16.4. The van der Waals surface area contributed by atoms with Crippen LogP contribution in [-0.2, 0) is 12.1 Å². The normalized spacial score (nSPS) is 21.2. The first-order valence-electron chi connectivity index (χ1n) is 8.06. The molecule has 3 aromatic rings. The van der Waals surface area contributed by atoms with E-state index in [4.69, 9.17) is 0 Å². The molecule has 2 N–H and O–H groups in total. The van der Waals surface area contributed by atoms with Gasteiger partial charge >= 0.3 is 0 Å². The van der Waals surface area contributed by atoms with Gasteiger partial charge < -0.3 is 5.11 Å². The Bertz CT molecular complexity index is 788. The summed E-state index contributed by atoms with van der Waals surface area (Å²) in [7, 11) is 0. The molecule has 0 bridgehead atoms. The van der Waals surface area contributed by atoms with Crippen LogP contribution in [-0.4, -0.2) is 43.7 Å². The second kappa shape index (κ2) is 6.14. The summed E-state index contributed by atoms with van der Waals surface area (Å²) in [6.07, 6.45) is 0.762. The topological polar surface area (TPSA) is 77.9 Å². The number of hydrogen-bond acceptors (Lipinski definition) is 5. The van der Waals surface area contributed by atoms with Crippen LogP contribution in [0.4, 0.5) is 0 Å². The maximum atomic E-state index is 10.9. The predicted molar refractivity (Wildman–Crippen MR) is 89.8 cm³/mol. The number of H-pyrrole nitrogens is 1. The van der Waals surface area contributed by atoms with Crippen LogP contribution in [0.25, 0.3) is 11.4 Å². The Morgan fingerprint density at radius 3 is 2.58 bits per heavy atom. The summed E-state index contributed by atoms with van der Waals surface area (Å²) in [5, 5.41) is 24.9. The molecule has 0 amide bonds. The molecule has 4 rings (SSSR count). The van der Waals surface area contributed by atoms with Crippen LogP contribution in [0, 0.1) is 0 Å². The van der Waals surface area contributed by atoms with Crippen molar-refractivity contribution in [3.05, 3.63) is 65.7 Å². The van der Waals surface area contributed by atoms with E-state index in [1.54, 1.807) is 0 Å². The third-order valence-electron chi connectivity index (χ3n) is 4.60. The Kier molecular flexibility index (Phi) is 3.84. The Labute approximate surface area is 140 Å². The maximum Gasteiger partial charge on any atom is 0.204 e. The largest absolute Gasteiger partial charge is 0.384 e. The summed E-state index contributed by atoms with van der Waals surface area (Å²) in [6, 6.07) is 18.1. The van der Waals surface area contributed by atoms with Crippen molar-refractivity contribution in [1.82, 2.24) is 25.5 Å². The molecule has 1 fully saturated rings. The van der Waals surface area contributed by atoms with Gasteiger partial charge in [0.15, 0.2) is 0 Å². The van der Waals surface area contributed by atoms with Crippen LogP contribution < -0.4 is 0 Å². The molecule has 0 saturated carbocycles. The van der Waals surface area contributed by atoms with E-state index in [-0.39, 0.29) is 0 Å². The van der Waals surface area contributed by atoms with Crippen molar-refractivity contribution in [2.24, 2.45) is 0 Å². The van der Waals surface area contributed by atoms with E-state index in [9.17, 15) is 5.11 Å². The Morgan fingerprint density at radius 2 is 1.88 bits per heavy atom. The molecule has 122 valence electrons.